The first-order valence-electron chi connectivity index (χ1n) is 11.5. The zero-order valence-electron chi connectivity index (χ0n) is 19.0. The number of fused-ring (bicyclic) bond motifs is 5. The summed E-state index contributed by atoms with van der Waals surface area (Å²) < 4.78 is 19.1. The highest BCUT2D eigenvalue weighted by Crippen LogP contribution is 2.68. The highest BCUT2D eigenvalue weighted by molar-refractivity contribution is 9.10. The Balaban J connectivity index is 1.88. The molecule has 0 saturated carbocycles. The van der Waals surface area contributed by atoms with Crippen molar-refractivity contribution in [2.24, 2.45) is 11.8 Å². The van der Waals surface area contributed by atoms with Crippen LogP contribution in [0.25, 0.3) is 0 Å². The maximum Gasteiger partial charge on any atom is 0.313 e. The lowest BCUT2D eigenvalue weighted by atomic mass is 9.60. The molecule has 1 fully saturated rings. The van der Waals surface area contributed by atoms with E-state index in [0.29, 0.717) is 0 Å². The minimum absolute atomic E-state index is 0.196. The van der Waals surface area contributed by atoms with E-state index < -0.39 is 35.0 Å². The van der Waals surface area contributed by atoms with Crippen LogP contribution in [0.4, 0.5) is 0 Å². The fourth-order valence-electron chi connectivity index (χ4n) is 5.67. The number of ether oxygens (including phenoxy) is 3. The van der Waals surface area contributed by atoms with Gasteiger partial charge in [0.05, 0.1) is 13.2 Å². The molecule has 0 aliphatic carbocycles. The van der Waals surface area contributed by atoms with Gasteiger partial charge in [0.25, 0.3) is 0 Å². The van der Waals surface area contributed by atoms with E-state index in [4.69, 9.17) is 14.2 Å². The van der Waals surface area contributed by atoms with Gasteiger partial charge in [-0.25, -0.2) is 0 Å². The quantitative estimate of drug-likeness (QED) is 0.410. The molecule has 1 saturated heterocycles. The first-order chi connectivity index (χ1) is 16.5. The summed E-state index contributed by atoms with van der Waals surface area (Å²) in [6, 6.07) is 25.1. The maximum absolute atomic E-state index is 13.7. The molecule has 3 aromatic rings. The number of halogens is 1. The van der Waals surface area contributed by atoms with Crippen LogP contribution in [0.2, 0.25) is 0 Å². The lowest BCUT2D eigenvalue weighted by Crippen LogP contribution is -2.49. The van der Waals surface area contributed by atoms with Crippen LogP contribution in [0.15, 0.2) is 83.3 Å². The van der Waals surface area contributed by atoms with Crippen molar-refractivity contribution in [2.45, 2.75) is 25.0 Å². The first-order valence-corrected chi connectivity index (χ1v) is 12.2. The van der Waals surface area contributed by atoms with Crippen molar-refractivity contribution in [1.82, 2.24) is 0 Å². The minimum Gasteiger partial charge on any atom is -0.466 e. The van der Waals surface area contributed by atoms with Crippen LogP contribution >= 0.6 is 15.9 Å². The lowest BCUT2D eigenvalue weighted by Gasteiger charge is -2.38. The highest BCUT2D eigenvalue weighted by atomic mass is 79.9. The number of rotatable bonds is 6. The topological polar surface area (TPSA) is 61.8 Å². The summed E-state index contributed by atoms with van der Waals surface area (Å²) >= 11 is 3.50. The van der Waals surface area contributed by atoms with Crippen molar-refractivity contribution in [3.8, 4) is 0 Å². The zero-order chi connectivity index (χ0) is 23.9. The Morgan fingerprint density at radius 2 is 1.18 bits per heavy atom. The Morgan fingerprint density at radius 1 is 0.735 bits per heavy atom. The minimum atomic E-state index is -1.21. The van der Waals surface area contributed by atoms with Crippen LogP contribution in [0, 0.1) is 11.8 Å². The van der Waals surface area contributed by atoms with Crippen molar-refractivity contribution in [3.05, 3.63) is 106 Å². The van der Waals surface area contributed by atoms with E-state index in [1.165, 1.54) is 0 Å². The molecule has 5 rings (SSSR count). The molecule has 0 N–H and O–H groups in total. The van der Waals surface area contributed by atoms with Crippen molar-refractivity contribution < 1.29 is 23.8 Å². The van der Waals surface area contributed by atoms with Gasteiger partial charge in [-0.15, -0.1) is 0 Å². The largest absolute Gasteiger partial charge is 0.466 e. The third-order valence-electron chi connectivity index (χ3n) is 6.82. The van der Waals surface area contributed by atoms with Gasteiger partial charge >= 0.3 is 11.9 Å². The fourth-order valence-corrected chi connectivity index (χ4v) is 5.93. The maximum atomic E-state index is 13.7. The molecule has 0 spiro atoms. The molecule has 2 bridgehead atoms. The Hall–Kier alpha value is -2.96. The molecule has 2 heterocycles. The fraction of sp³-hybridized carbons (Fsp3) is 0.286. The van der Waals surface area contributed by atoms with Crippen LogP contribution in [0.1, 0.15) is 36.1 Å². The Kier molecular flexibility index (Phi) is 5.82. The molecule has 0 amide bonds. The summed E-state index contributed by atoms with van der Waals surface area (Å²) in [5.74, 6) is -2.80. The summed E-state index contributed by atoms with van der Waals surface area (Å²) in [7, 11) is 0. The molecule has 5 nitrogen and oxygen atoms in total. The van der Waals surface area contributed by atoms with Crippen LogP contribution < -0.4 is 0 Å². The smallest absolute Gasteiger partial charge is 0.313 e. The molecular formula is C28H25BrO5. The second-order valence-electron chi connectivity index (χ2n) is 8.45. The third kappa shape index (κ3) is 3.08. The van der Waals surface area contributed by atoms with Gasteiger partial charge in [-0.2, -0.15) is 0 Å². The summed E-state index contributed by atoms with van der Waals surface area (Å²) in [6.07, 6.45) is 0. The van der Waals surface area contributed by atoms with E-state index in [1.807, 2.05) is 78.9 Å². The Labute approximate surface area is 207 Å². The number of carbonyl (C=O) groups is 2. The summed E-state index contributed by atoms with van der Waals surface area (Å²) in [5.41, 5.74) is 0.894. The molecule has 6 heteroatoms. The van der Waals surface area contributed by atoms with E-state index in [2.05, 4.69) is 15.9 Å². The van der Waals surface area contributed by atoms with Crippen molar-refractivity contribution in [2.75, 3.05) is 13.2 Å². The predicted molar refractivity (Wildman–Crippen MR) is 130 cm³/mol. The van der Waals surface area contributed by atoms with Crippen LogP contribution in [0.3, 0.4) is 0 Å². The van der Waals surface area contributed by atoms with E-state index in [9.17, 15) is 9.59 Å². The zero-order valence-corrected chi connectivity index (χ0v) is 20.6. The average molecular weight is 521 g/mol. The van der Waals surface area contributed by atoms with Gasteiger partial charge in [0, 0.05) is 4.47 Å². The summed E-state index contributed by atoms with van der Waals surface area (Å²) in [6.45, 7) is 3.92. The monoisotopic (exact) mass is 520 g/mol. The average Bonchev–Trinajstić information content (AvgIpc) is 3.35. The van der Waals surface area contributed by atoms with Crippen molar-refractivity contribution >= 4 is 27.9 Å². The van der Waals surface area contributed by atoms with Crippen LogP contribution in [-0.4, -0.2) is 25.2 Å². The van der Waals surface area contributed by atoms with Crippen LogP contribution in [0.5, 0.6) is 0 Å². The number of esters is 2. The molecule has 0 radical (unpaired) electrons. The summed E-state index contributed by atoms with van der Waals surface area (Å²) in [5, 5.41) is 0. The van der Waals surface area contributed by atoms with Gasteiger partial charge in [0.1, 0.15) is 23.0 Å². The number of carbonyl (C=O) groups excluding carboxylic acids is 2. The predicted octanol–water partition coefficient (Wildman–Crippen LogP) is 5.34. The van der Waals surface area contributed by atoms with Gasteiger partial charge in [0.2, 0.25) is 0 Å². The lowest BCUT2D eigenvalue weighted by molar-refractivity contribution is -0.162. The third-order valence-corrected chi connectivity index (χ3v) is 7.34. The Bertz CT molecular complexity index is 1230. The molecule has 2 aliphatic rings. The van der Waals surface area contributed by atoms with E-state index >= 15 is 0 Å². The molecule has 4 unspecified atom stereocenters. The second kappa shape index (κ2) is 8.67. The first kappa shape index (κ1) is 22.8. The molecule has 3 aromatic carbocycles. The summed E-state index contributed by atoms with van der Waals surface area (Å²) in [4.78, 5) is 27.3. The van der Waals surface area contributed by atoms with Gasteiger partial charge in [-0.3, -0.25) is 9.59 Å². The van der Waals surface area contributed by atoms with Gasteiger partial charge in [-0.1, -0.05) is 82.7 Å². The second-order valence-corrected chi connectivity index (χ2v) is 9.37. The number of hydrogen-bond acceptors (Lipinski definition) is 5. The van der Waals surface area contributed by atoms with Crippen LogP contribution in [-0.2, 0) is 35.0 Å². The van der Waals surface area contributed by atoms with Gasteiger partial charge in [0.15, 0.2) is 0 Å². The number of benzene rings is 3. The SMILES string of the molecule is CCOC(=O)C1C(C(=O)OCC)C2(c3ccc(Br)cc3)OC1(c1ccccc1)c1ccccc12. The molecule has 34 heavy (non-hydrogen) atoms. The van der Waals surface area contributed by atoms with Crippen molar-refractivity contribution in [3.63, 3.8) is 0 Å². The molecular weight excluding hydrogens is 496 g/mol. The molecule has 2 aliphatic heterocycles. The van der Waals surface area contributed by atoms with E-state index in [1.54, 1.807) is 13.8 Å². The number of hydrogen-bond donors (Lipinski definition) is 0. The molecule has 4 atom stereocenters. The van der Waals surface area contributed by atoms with E-state index in [0.717, 1.165) is 26.7 Å². The standard InChI is InChI=1S/C28H25BrO5/c1-3-32-25(30)23-24(26(31)33-4-2)28(19-14-16-20(29)17-15-19)22-13-9-8-12-21(22)27(23,34-28)18-10-6-5-7-11-18/h5-17,23-24H,3-4H2,1-2H3. The van der Waals surface area contributed by atoms with Crippen molar-refractivity contribution in [1.29, 1.82) is 0 Å². The Morgan fingerprint density at radius 3 is 1.65 bits per heavy atom. The van der Waals surface area contributed by atoms with E-state index in [-0.39, 0.29) is 13.2 Å². The van der Waals surface area contributed by atoms with Gasteiger partial charge in [-0.05, 0) is 48.2 Å². The van der Waals surface area contributed by atoms with Gasteiger partial charge < -0.3 is 14.2 Å². The highest BCUT2D eigenvalue weighted by Gasteiger charge is 2.75. The molecule has 174 valence electrons. The normalized spacial score (nSPS) is 26.7. The molecule has 0 aromatic heterocycles.